The van der Waals surface area contributed by atoms with Gasteiger partial charge in [0.15, 0.2) is 0 Å². The lowest BCUT2D eigenvalue weighted by Gasteiger charge is -1.89. The zero-order valence-corrected chi connectivity index (χ0v) is 4.92. The maximum atomic E-state index is 9.90. The molecule has 2 N–H and O–H groups in total. The Hall–Kier alpha value is 0.400. The maximum Gasteiger partial charge on any atom is 0.120 e. The molecule has 0 aromatic heterocycles. The fourth-order valence-corrected chi connectivity index (χ4v) is 0. The molecule has 4 heteroatoms. The number of hydrogen-bond acceptors (Lipinski definition) is 1. The first-order valence-corrected chi connectivity index (χ1v) is 3.15. The summed E-state index contributed by atoms with van der Waals surface area (Å²) in [5.74, 6) is 0. The van der Waals surface area contributed by atoms with Crippen molar-refractivity contribution in [3.05, 3.63) is 0 Å². The molecule has 0 aliphatic carbocycles. The smallest absolute Gasteiger partial charge is 0.120 e. The number of alkyl halides is 1. The summed E-state index contributed by atoms with van der Waals surface area (Å²) in [7, 11) is -1.35. The Morgan fingerprint density at radius 2 is 2.17 bits per heavy atom. The normalized spacial score (nSPS) is 19.8. The number of halogens is 1. The molecule has 0 fully saturated rings. The molecule has 0 aromatic carbocycles. The Morgan fingerprint density at radius 1 is 2.00 bits per heavy atom. The first-order chi connectivity index (χ1) is 2.64. The van der Waals surface area contributed by atoms with Crippen LogP contribution in [0.5, 0.6) is 0 Å². The quantitative estimate of drug-likeness (QED) is 0.503. The van der Waals surface area contributed by atoms with Crippen molar-refractivity contribution < 1.29 is 4.21 Å². The number of rotatable bonds is 1. The van der Waals surface area contributed by atoms with Crippen molar-refractivity contribution in [1.29, 1.82) is 0 Å². The topological polar surface area (TPSA) is 43.1 Å². The Balaban J connectivity index is 3.26. The van der Waals surface area contributed by atoms with Gasteiger partial charge in [0.2, 0.25) is 0 Å². The predicted molar refractivity (Wildman–Crippen MR) is 27.6 cm³/mol. The second kappa shape index (κ2) is 2.55. The average molecular weight is 128 g/mol. The minimum atomic E-state index is -1.35. The van der Waals surface area contributed by atoms with Crippen molar-refractivity contribution in [2.75, 3.05) is 0 Å². The molecule has 0 aliphatic rings. The van der Waals surface area contributed by atoms with Crippen LogP contribution >= 0.6 is 11.6 Å². The van der Waals surface area contributed by atoms with E-state index in [0.717, 1.165) is 0 Å². The van der Waals surface area contributed by atoms with E-state index >= 15 is 0 Å². The first kappa shape index (κ1) is 6.40. The molecular weight excluding hydrogens is 122 g/mol. The summed E-state index contributed by atoms with van der Waals surface area (Å²) in [5, 5.41) is 4.78. The van der Waals surface area contributed by atoms with Crippen LogP contribution in [0.15, 0.2) is 0 Å². The zero-order valence-electron chi connectivity index (χ0n) is 3.35. The summed E-state index contributed by atoms with van der Waals surface area (Å²) in [6.07, 6.45) is 0. The van der Waals surface area contributed by atoms with Gasteiger partial charge in [-0.1, -0.05) is 0 Å². The SMILES string of the molecule is CC(Cl)S(N)=O. The van der Waals surface area contributed by atoms with E-state index in [4.69, 9.17) is 16.7 Å². The molecule has 0 bridgehead atoms. The van der Waals surface area contributed by atoms with Gasteiger partial charge in [-0.2, -0.15) is 0 Å². The highest BCUT2D eigenvalue weighted by Gasteiger charge is 1.96. The molecule has 0 heterocycles. The molecule has 2 nitrogen and oxygen atoms in total. The Morgan fingerprint density at radius 3 is 2.17 bits per heavy atom. The summed E-state index contributed by atoms with van der Waals surface area (Å²) in [4.78, 5) is 0. The van der Waals surface area contributed by atoms with E-state index in [0.29, 0.717) is 0 Å². The van der Waals surface area contributed by atoms with Crippen LogP contribution in [0.4, 0.5) is 0 Å². The summed E-state index contributed by atoms with van der Waals surface area (Å²) >= 11 is 5.19. The second-order valence-corrected chi connectivity index (χ2v) is 3.15. The predicted octanol–water partition coefficient (Wildman–Crippen LogP) is 0.194. The lowest BCUT2D eigenvalue weighted by Crippen LogP contribution is -2.11. The fourth-order valence-electron chi connectivity index (χ4n) is 0. The minimum absolute atomic E-state index is 0.426. The lowest BCUT2D eigenvalue weighted by molar-refractivity contribution is 0.683. The van der Waals surface area contributed by atoms with Gasteiger partial charge in [-0.3, -0.25) is 5.14 Å². The van der Waals surface area contributed by atoms with Crippen LogP contribution in [0.3, 0.4) is 0 Å². The van der Waals surface area contributed by atoms with E-state index in [-0.39, 0.29) is 0 Å². The van der Waals surface area contributed by atoms with Gasteiger partial charge in [0.25, 0.3) is 0 Å². The second-order valence-electron chi connectivity index (χ2n) is 0.872. The van der Waals surface area contributed by atoms with Gasteiger partial charge in [-0.25, -0.2) is 4.21 Å². The summed E-state index contributed by atoms with van der Waals surface area (Å²) in [5.41, 5.74) is 0. The molecule has 0 rings (SSSR count). The average Bonchev–Trinajstić information content (AvgIpc) is 1.36. The third-order valence-corrected chi connectivity index (χ3v) is 1.49. The van der Waals surface area contributed by atoms with Crippen LogP contribution in [0.25, 0.3) is 0 Å². The van der Waals surface area contributed by atoms with E-state index in [1.54, 1.807) is 6.92 Å². The van der Waals surface area contributed by atoms with E-state index < -0.39 is 15.7 Å². The van der Waals surface area contributed by atoms with Gasteiger partial charge in [0, 0.05) is 0 Å². The Kier molecular flexibility index (Phi) is 2.72. The van der Waals surface area contributed by atoms with Crippen molar-refractivity contribution in [2.45, 2.75) is 11.6 Å². The van der Waals surface area contributed by atoms with Gasteiger partial charge in [0.1, 0.15) is 15.7 Å². The standard InChI is InChI=1S/C2H6ClNOS/c1-2(3)6(4)5/h2H,4H2,1H3. The Labute approximate surface area is 44.3 Å². The molecule has 0 amide bonds. The summed E-state index contributed by atoms with van der Waals surface area (Å²) < 4.78 is 9.47. The van der Waals surface area contributed by atoms with Gasteiger partial charge < -0.3 is 0 Å². The van der Waals surface area contributed by atoms with E-state index in [2.05, 4.69) is 0 Å². The van der Waals surface area contributed by atoms with Gasteiger partial charge in [-0.05, 0) is 6.92 Å². The van der Waals surface area contributed by atoms with Crippen LogP contribution in [-0.4, -0.2) is 8.92 Å². The van der Waals surface area contributed by atoms with Crippen molar-refractivity contribution in [1.82, 2.24) is 0 Å². The van der Waals surface area contributed by atoms with E-state index in [1.165, 1.54) is 0 Å². The van der Waals surface area contributed by atoms with E-state index in [9.17, 15) is 4.21 Å². The molecule has 0 saturated heterocycles. The molecule has 38 valence electrons. The lowest BCUT2D eigenvalue weighted by atomic mass is 11.0. The summed E-state index contributed by atoms with van der Waals surface area (Å²) in [6, 6.07) is 0. The third kappa shape index (κ3) is 2.63. The number of hydrogen-bond donors (Lipinski definition) is 1. The largest absolute Gasteiger partial charge is 0.251 e. The highest BCUT2D eigenvalue weighted by Crippen LogP contribution is 1.92. The minimum Gasteiger partial charge on any atom is -0.251 e. The number of nitrogens with two attached hydrogens (primary N) is 1. The maximum absolute atomic E-state index is 9.90. The first-order valence-electron chi connectivity index (χ1n) is 1.43. The zero-order chi connectivity index (χ0) is 5.15. The van der Waals surface area contributed by atoms with Crippen molar-refractivity contribution in [3.63, 3.8) is 0 Å². The highest BCUT2D eigenvalue weighted by atomic mass is 35.5. The molecule has 0 saturated carbocycles. The van der Waals surface area contributed by atoms with Crippen LogP contribution < -0.4 is 5.14 Å². The molecular formula is C2H6ClNOS. The van der Waals surface area contributed by atoms with Crippen LogP contribution in [-0.2, 0) is 11.0 Å². The van der Waals surface area contributed by atoms with Gasteiger partial charge in [-0.15, -0.1) is 11.6 Å². The van der Waals surface area contributed by atoms with Gasteiger partial charge >= 0.3 is 0 Å². The summed E-state index contributed by atoms with van der Waals surface area (Å²) in [6.45, 7) is 1.58. The molecule has 0 spiro atoms. The van der Waals surface area contributed by atoms with Crippen molar-refractivity contribution >= 4 is 22.6 Å². The third-order valence-electron chi connectivity index (χ3n) is 0.320. The molecule has 0 aliphatic heterocycles. The van der Waals surface area contributed by atoms with Crippen molar-refractivity contribution in [3.8, 4) is 0 Å². The van der Waals surface area contributed by atoms with E-state index in [1.807, 2.05) is 0 Å². The molecule has 6 heavy (non-hydrogen) atoms. The van der Waals surface area contributed by atoms with Crippen LogP contribution in [0, 0.1) is 0 Å². The molecule has 0 aromatic rings. The van der Waals surface area contributed by atoms with Crippen LogP contribution in [0.1, 0.15) is 6.92 Å². The van der Waals surface area contributed by atoms with Crippen LogP contribution in [0.2, 0.25) is 0 Å². The van der Waals surface area contributed by atoms with Gasteiger partial charge in [0.05, 0.1) is 0 Å². The fraction of sp³-hybridized carbons (Fsp3) is 1.00. The Bertz CT molecular complexity index is 64.6. The molecule has 2 unspecified atom stereocenters. The van der Waals surface area contributed by atoms with Crippen molar-refractivity contribution in [2.24, 2.45) is 5.14 Å². The highest BCUT2D eigenvalue weighted by molar-refractivity contribution is 7.84. The monoisotopic (exact) mass is 127 g/mol. The molecule has 0 radical (unpaired) electrons. The molecule has 2 atom stereocenters.